The molecule has 3 aromatic rings. The molecular formula is C22H15F3N4. The van der Waals surface area contributed by atoms with Crippen LogP contribution in [0.5, 0.6) is 0 Å². The lowest BCUT2D eigenvalue weighted by Gasteiger charge is -2.15. The van der Waals surface area contributed by atoms with Gasteiger partial charge < -0.3 is 0 Å². The van der Waals surface area contributed by atoms with Crippen molar-refractivity contribution >= 4 is 0 Å². The number of nitrogens with zero attached hydrogens (tertiary/aromatic N) is 4. The summed E-state index contributed by atoms with van der Waals surface area (Å²) in [4.78, 5) is 0. The van der Waals surface area contributed by atoms with Crippen LogP contribution in [-0.4, -0.2) is 6.18 Å². The van der Waals surface area contributed by atoms with Gasteiger partial charge in [-0.25, -0.2) is 0 Å². The van der Waals surface area contributed by atoms with Crippen molar-refractivity contribution in [1.82, 2.24) is 0 Å². The predicted octanol–water partition coefficient (Wildman–Crippen LogP) is 6.84. The van der Waals surface area contributed by atoms with Gasteiger partial charge in [-0.15, -0.1) is 10.2 Å². The van der Waals surface area contributed by atoms with E-state index in [1.54, 1.807) is 12.1 Å². The molecule has 0 saturated carbocycles. The minimum absolute atomic E-state index is 0.0355. The summed E-state index contributed by atoms with van der Waals surface area (Å²) in [7, 11) is 0. The Morgan fingerprint density at radius 1 is 0.552 bits per heavy atom. The van der Waals surface area contributed by atoms with Crippen molar-refractivity contribution in [1.29, 1.82) is 0 Å². The minimum atomic E-state index is -4.51. The van der Waals surface area contributed by atoms with Crippen LogP contribution in [0.4, 0.5) is 13.2 Å². The molecule has 0 aliphatic carbocycles. The molecule has 3 aromatic carbocycles. The van der Waals surface area contributed by atoms with Gasteiger partial charge in [0, 0.05) is 11.1 Å². The third-order valence-electron chi connectivity index (χ3n) is 5.37. The molecule has 0 amide bonds. The maximum atomic E-state index is 13.1. The van der Waals surface area contributed by atoms with Crippen LogP contribution in [-0.2, 0) is 11.3 Å². The van der Waals surface area contributed by atoms with Crippen molar-refractivity contribution in [3.63, 3.8) is 0 Å². The molecular weight excluding hydrogens is 377 g/mol. The van der Waals surface area contributed by atoms with E-state index in [1.165, 1.54) is 12.1 Å². The fourth-order valence-electron chi connectivity index (χ4n) is 3.36. The van der Waals surface area contributed by atoms with Gasteiger partial charge in [0.2, 0.25) is 5.66 Å². The minimum Gasteiger partial charge on any atom is -0.166 e. The van der Waals surface area contributed by atoms with E-state index in [2.05, 4.69) is 20.5 Å². The van der Waals surface area contributed by atoms with E-state index < -0.39 is 11.8 Å². The lowest BCUT2D eigenvalue weighted by molar-refractivity contribution is -0.166. The number of halogens is 3. The van der Waals surface area contributed by atoms with Crippen LogP contribution >= 0.6 is 0 Å². The number of benzene rings is 3. The Balaban J connectivity index is 1.35. The van der Waals surface area contributed by atoms with Gasteiger partial charge in [0.25, 0.3) is 0 Å². The van der Waals surface area contributed by atoms with Crippen LogP contribution in [0.3, 0.4) is 0 Å². The molecule has 4 nitrogen and oxygen atoms in total. The molecule has 0 unspecified atom stereocenters. The fourth-order valence-corrected chi connectivity index (χ4v) is 3.36. The van der Waals surface area contributed by atoms with E-state index in [4.69, 9.17) is 0 Å². The van der Waals surface area contributed by atoms with Crippen molar-refractivity contribution in [3.8, 4) is 22.3 Å². The molecule has 29 heavy (non-hydrogen) atoms. The molecule has 2 heterocycles. The monoisotopic (exact) mass is 392 g/mol. The summed E-state index contributed by atoms with van der Waals surface area (Å²) in [6.07, 6.45) is -4.51. The van der Waals surface area contributed by atoms with Crippen LogP contribution in [0.25, 0.3) is 22.3 Å². The summed E-state index contributed by atoms with van der Waals surface area (Å²) < 4.78 is 39.3. The summed E-state index contributed by atoms with van der Waals surface area (Å²) in [6.45, 7) is 1.96. The normalized spacial score (nSPS) is 17.9. The zero-order valence-corrected chi connectivity index (χ0v) is 15.4. The summed E-state index contributed by atoms with van der Waals surface area (Å²) in [6, 6.07) is 22.2. The van der Waals surface area contributed by atoms with Crippen LogP contribution in [0, 0.1) is 0 Å². The average molecular weight is 392 g/mol. The van der Waals surface area contributed by atoms with Crippen molar-refractivity contribution in [2.75, 3.05) is 0 Å². The molecule has 0 radical (unpaired) electrons. The summed E-state index contributed by atoms with van der Waals surface area (Å²) in [5, 5.41) is 14.6. The first-order valence-corrected chi connectivity index (χ1v) is 9.08. The Bertz CT molecular complexity index is 1120. The van der Waals surface area contributed by atoms with Gasteiger partial charge in [0.1, 0.15) is 0 Å². The van der Waals surface area contributed by atoms with Gasteiger partial charge in [-0.1, -0.05) is 72.8 Å². The zero-order valence-electron chi connectivity index (χ0n) is 15.4. The molecule has 0 N–H and O–H groups in total. The smallest absolute Gasteiger partial charge is 0.166 e. The van der Waals surface area contributed by atoms with Gasteiger partial charge in [-0.05, 0) is 29.2 Å². The van der Waals surface area contributed by atoms with Crippen LogP contribution < -0.4 is 0 Å². The maximum absolute atomic E-state index is 13.1. The third-order valence-corrected chi connectivity index (χ3v) is 5.37. The van der Waals surface area contributed by atoms with E-state index in [1.807, 2.05) is 55.5 Å². The molecule has 0 bridgehead atoms. The molecule has 2 aliphatic rings. The van der Waals surface area contributed by atoms with Crippen LogP contribution in [0.1, 0.15) is 18.1 Å². The SMILES string of the molecule is CC1(c2ccc(-c3ccc(-c4ccc(C5(C(F)(F)F)N=N5)cc4)cc3)cc2)N=N1. The van der Waals surface area contributed by atoms with Gasteiger partial charge >= 0.3 is 11.8 Å². The quantitative estimate of drug-likeness (QED) is 0.467. The molecule has 7 heteroatoms. The Morgan fingerprint density at radius 2 is 0.897 bits per heavy atom. The number of rotatable bonds is 4. The molecule has 0 spiro atoms. The molecule has 0 fully saturated rings. The topological polar surface area (TPSA) is 49.4 Å². The van der Waals surface area contributed by atoms with Crippen molar-refractivity contribution in [2.24, 2.45) is 20.5 Å². The van der Waals surface area contributed by atoms with E-state index in [-0.39, 0.29) is 11.2 Å². The Kier molecular flexibility index (Phi) is 3.56. The predicted molar refractivity (Wildman–Crippen MR) is 102 cm³/mol. The molecule has 0 atom stereocenters. The van der Waals surface area contributed by atoms with Gasteiger partial charge in [0.15, 0.2) is 0 Å². The first-order valence-electron chi connectivity index (χ1n) is 9.08. The maximum Gasteiger partial charge on any atom is 0.442 e. The first-order chi connectivity index (χ1) is 13.8. The highest BCUT2D eigenvalue weighted by atomic mass is 19.4. The van der Waals surface area contributed by atoms with Gasteiger partial charge in [-0.2, -0.15) is 23.4 Å². The lowest BCUT2D eigenvalue weighted by Crippen LogP contribution is -2.29. The Hall–Kier alpha value is -3.35. The van der Waals surface area contributed by atoms with Gasteiger partial charge in [0.05, 0.1) is 0 Å². The summed E-state index contributed by atoms with van der Waals surface area (Å²) in [5.41, 5.74) is 2.21. The van der Waals surface area contributed by atoms with E-state index in [0.29, 0.717) is 0 Å². The highest BCUT2D eigenvalue weighted by Crippen LogP contribution is 2.52. The molecule has 0 aromatic heterocycles. The van der Waals surface area contributed by atoms with E-state index in [0.717, 1.165) is 27.8 Å². The summed E-state index contributed by atoms with van der Waals surface area (Å²) >= 11 is 0. The number of hydrogen-bond donors (Lipinski definition) is 0. The Morgan fingerprint density at radius 3 is 1.21 bits per heavy atom. The second-order valence-corrected chi connectivity index (χ2v) is 7.32. The van der Waals surface area contributed by atoms with Crippen molar-refractivity contribution < 1.29 is 13.2 Å². The fraction of sp³-hybridized carbons (Fsp3) is 0.182. The molecule has 2 aliphatic heterocycles. The first kappa shape index (κ1) is 17.7. The van der Waals surface area contributed by atoms with Crippen LogP contribution in [0.15, 0.2) is 93.3 Å². The number of alkyl halides is 3. The highest BCUT2D eigenvalue weighted by Gasteiger charge is 2.65. The second kappa shape index (κ2) is 5.83. The second-order valence-electron chi connectivity index (χ2n) is 7.32. The molecule has 5 rings (SSSR count). The number of hydrogen-bond acceptors (Lipinski definition) is 4. The van der Waals surface area contributed by atoms with E-state index >= 15 is 0 Å². The lowest BCUT2D eigenvalue weighted by atomic mass is 9.96. The molecule has 144 valence electrons. The highest BCUT2D eigenvalue weighted by molar-refractivity contribution is 5.71. The summed E-state index contributed by atoms with van der Waals surface area (Å²) in [5.74, 6) is 0. The van der Waals surface area contributed by atoms with Crippen molar-refractivity contribution in [2.45, 2.75) is 24.4 Å². The van der Waals surface area contributed by atoms with Crippen molar-refractivity contribution in [3.05, 3.63) is 83.9 Å². The average Bonchev–Trinajstić information content (AvgIpc) is 3.64. The Labute approximate surface area is 164 Å². The zero-order chi connectivity index (χ0) is 20.3. The van der Waals surface area contributed by atoms with E-state index in [9.17, 15) is 13.2 Å². The van der Waals surface area contributed by atoms with Gasteiger partial charge in [-0.3, -0.25) is 0 Å². The third kappa shape index (κ3) is 2.93. The largest absolute Gasteiger partial charge is 0.442 e. The standard InChI is InChI=1S/C22H15F3N4/c1-20(26-27-20)18-10-6-16(7-11-18)14-2-4-15(5-3-14)17-8-12-19(13-9-17)21(28-29-21)22(23,24)25/h2-13H,1H3. The molecule has 0 saturated heterocycles. The van der Waals surface area contributed by atoms with Crippen LogP contribution in [0.2, 0.25) is 0 Å².